The van der Waals surface area contributed by atoms with Crippen LogP contribution in [-0.2, 0) is 10.2 Å². The first kappa shape index (κ1) is 18.1. The van der Waals surface area contributed by atoms with Gasteiger partial charge in [0.05, 0.1) is 18.3 Å². The average Bonchev–Trinajstić information content (AvgIpc) is 2.74. The van der Waals surface area contributed by atoms with Gasteiger partial charge in [-0.25, -0.2) is 0 Å². The predicted octanol–water partition coefficient (Wildman–Crippen LogP) is 5.11. The van der Waals surface area contributed by atoms with E-state index in [9.17, 15) is 0 Å². The highest BCUT2D eigenvalue weighted by molar-refractivity contribution is 5.47. The largest absolute Gasteiger partial charge is 0.492 e. The number of hydrogen-bond acceptors (Lipinski definition) is 3. The Kier molecular flexibility index (Phi) is 5.61. The van der Waals surface area contributed by atoms with Crippen LogP contribution in [0.2, 0.25) is 0 Å². The molecule has 0 N–H and O–H groups in total. The standard InChI is InChI=1S/C20H32O3/c1-7-22-20(5,6)12-8-9-15(2)23-16-10-11-17-18(13-16)21-14-19(17,3)4/h10-11,13,15H,7-9,12,14H2,1-6H3. The minimum Gasteiger partial charge on any atom is -0.492 e. The second-order valence-corrected chi connectivity index (χ2v) is 7.84. The van der Waals surface area contributed by atoms with Crippen molar-refractivity contribution in [2.75, 3.05) is 13.2 Å². The SMILES string of the molecule is CCOC(C)(C)CCCC(C)Oc1ccc2c(c1)OCC2(C)C. The Morgan fingerprint density at radius 2 is 2.04 bits per heavy atom. The van der Waals surface area contributed by atoms with Crippen LogP contribution < -0.4 is 9.47 Å². The number of ether oxygens (including phenoxy) is 3. The molecule has 0 aromatic heterocycles. The van der Waals surface area contributed by atoms with Crippen molar-refractivity contribution in [2.45, 2.75) is 77.9 Å². The van der Waals surface area contributed by atoms with E-state index in [1.807, 2.05) is 13.0 Å². The molecule has 3 nitrogen and oxygen atoms in total. The van der Waals surface area contributed by atoms with E-state index in [2.05, 4.69) is 46.8 Å². The lowest BCUT2D eigenvalue weighted by Gasteiger charge is -2.25. The van der Waals surface area contributed by atoms with Crippen molar-refractivity contribution in [3.05, 3.63) is 23.8 Å². The fourth-order valence-corrected chi connectivity index (χ4v) is 3.16. The average molecular weight is 320 g/mol. The van der Waals surface area contributed by atoms with Crippen molar-refractivity contribution in [3.8, 4) is 11.5 Å². The van der Waals surface area contributed by atoms with Crippen LogP contribution >= 0.6 is 0 Å². The molecule has 3 heteroatoms. The molecule has 0 radical (unpaired) electrons. The number of fused-ring (bicyclic) bond motifs is 1. The lowest BCUT2D eigenvalue weighted by molar-refractivity contribution is -0.0190. The third-order valence-corrected chi connectivity index (χ3v) is 4.53. The molecule has 1 aromatic carbocycles. The Hall–Kier alpha value is -1.22. The van der Waals surface area contributed by atoms with Gasteiger partial charge in [-0.2, -0.15) is 0 Å². The molecule has 1 aromatic rings. The molecular formula is C20H32O3. The van der Waals surface area contributed by atoms with Gasteiger partial charge >= 0.3 is 0 Å². The highest BCUT2D eigenvalue weighted by atomic mass is 16.5. The van der Waals surface area contributed by atoms with E-state index in [1.165, 1.54) is 5.56 Å². The molecule has 0 saturated heterocycles. The highest BCUT2D eigenvalue weighted by Crippen LogP contribution is 2.40. The topological polar surface area (TPSA) is 27.7 Å². The Bertz CT molecular complexity index is 520. The summed E-state index contributed by atoms with van der Waals surface area (Å²) in [4.78, 5) is 0. The summed E-state index contributed by atoms with van der Waals surface area (Å²) in [7, 11) is 0. The number of rotatable bonds is 8. The van der Waals surface area contributed by atoms with Crippen LogP contribution in [0.1, 0.15) is 66.4 Å². The van der Waals surface area contributed by atoms with Gasteiger partial charge in [-0.1, -0.05) is 19.9 Å². The van der Waals surface area contributed by atoms with E-state index in [0.29, 0.717) is 0 Å². The summed E-state index contributed by atoms with van der Waals surface area (Å²) in [5, 5.41) is 0. The summed E-state index contributed by atoms with van der Waals surface area (Å²) < 4.78 is 17.6. The van der Waals surface area contributed by atoms with Gasteiger partial charge in [0, 0.05) is 23.7 Å². The van der Waals surface area contributed by atoms with Crippen LogP contribution in [0.3, 0.4) is 0 Å². The van der Waals surface area contributed by atoms with Gasteiger partial charge in [-0.05, 0) is 53.0 Å². The van der Waals surface area contributed by atoms with E-state index in [4.69, 9.17) is 14.2 Å². The summed E-state index contributed by atoms with van der Waals surface area (Å²) in [5.74, 6) is 1.87. The van der Waals surface area contributed by atoms with Crippen LogP contribution in [0.15, 0.2) is 18.2 Å². The molecule has 0 aliphatic carbocycles. The first-order valence-electron chi connectivity index (χ1n) is 8.81. The van der Waals surface area contributed by atoms with E-state index >= 15 is 0 Å². The molecule has 2 rings (SSSR count). The van der Waals surface area contributed by atoms with E-state index in [0.717, 1.165) is 44.0 Å². The molecule has 0 spiro atoms. The fraction of sp³-hybridized carbons (Fsp3) is 0.700. The molecule has 1 aliphatic rings. The maximum Gasteiger partial charge on any atom is 0.126 e. The Morgan fingerprint density at radius 3 is 2.74 bits per heavy atom. The van der Waals surface area contributed by atoms with Crippen molar-refractivity contribution in [3.63, 3.8) is 0 Å². The van der Waals surface area contributed by atoms with E-state index in [-0.39, 0.29) is 17.1 Å². The van der Waals surface area contributed by atoms with Crippen LogP contribution in [0.25, 0.3) is 0 Å². The molecule has 130 valence electrons. The first-order chi connectivity index (χ1) is 10.7. The smallest absolute Gasteiger partial charge is 0.126 e. The molecule has 1 atom stereocenters. The van der Waals surface area contributed by atoms with Crippen molar-refractivity contribution in [2.24, 2.45) is 0 Å². The monoisotopic (exact) mass is 320 g/mol. The minimum atomic E-state index is -0.0402. The zero-order chi connectivity index (χ0) is 17.1. The Balaban J connectivity index is 1.83. The van der Waals surface area contributed by atoms with E-state index < -0.39 is 0 Å². The molecule has 23 heavy (non-hydrogen) atoms. The molecular weight excluding hydrogens is 288 g/mol. The second kappa shape index (κ2) is 7.12. The Labute approximate surface area is 141 Å². The quantitative estimate of drug-likeness (QED) is 0.666. The molecule has 0 amide bonds. The van der Waals surface area contributed by atoms with Crippen LogP contribution in [0.4, 0.5) is 0 Å². The van der Waals surface area contributed by atoms with Gasteiger partial charge in [0.2, 0.25) is 0 Å². The zero-order valence-electron chi connectivity index (χ0n) is 15.6. The van der Waals surface area contributed by atoms with Crippen molar-refractivity contribution < 1.29 is 14.2 Å². The summed E-state index contributed by atoms with van der Waals surface area (Å²) >= 11 is 0. The maximum absolute atomic E-state index is 6.06. The summed E-state index contributed by atoms with van der Waals surface area (Å²) in [6, 6.07) is 6.24. The van der Waals surface area contributed by atoms with Gasteiger partial charge in [0.15, 0.2) is 0 Å². The van der Waals surface area contributed by atoms with Gasteiger partial charge in [0.1, 0.15) is 11.5 Å². The molecule has 0 bridgehead atoms. The van der Waals surface area contributed by atoms with Crippen molar-refractivity contribution >= 4 is 0 Å². The molecule has 0 saturated carbocycles. The molecule has 1 heterocycles. The molecule has 1 unspecified atom stereocenters. The van der Waals surface area contributed by atoms with Gasteiger partial charge < -0.3 is 14.2 Å². The summed E-state index contributed by atoms with van der Waals surface area (Å²) in [5.41, 5.74) is 1.34. The van der Waals surface area contributed by atoms with Crippen LogP contribution in [-0.4, -0.2) is 24.9 Å². The summed E-state index contributed by atoms with van der Waals surface area (Å²) in [6.07, 6.45) is 3.37. The fourth-order valence-electron chi connectivity index (χ4n) is 3.16. The molecule has 0 fully saturated rings. The van der Waals surface area contributed by atoms with Gasteiger partial charge in [-0.3, -0.25) is 0 Å². The minimum absolute atomic E-state index is 0.0402. The third-order valence-electron chi connectivity index (χ3n) is 4.53. The number of benzene rings is 1. The lowest BCUT2D eigenvalue weighted by atomic mass is 9.87. The highest BCUT2D eigenvalue weighted by Gasteiger charge is 2.31. The lowest BCUT2D eigenvalue weighted by Crippen LogP contribution is -2.25. The third kappa shape index (κ3) is 4.87. The van der Waals surface area contributed by atoms with Crippen molar-refractivity contribution in [1.82, 2.24) is 0 Å². The van der Waals surface area contributed by atoms with Gasteiger partial charge in [0.25, 0.3) is 0 Å². The Morgan fingerprint density at radius 1 is 1.30 bits per heavy atom. The molecule has 1 aliphatic heterocycles. The van der Waals surface area contributed by atoms with Crippen molar-refractivity contribution in [1.29, 1.82) is 0 Å². The van der Waals surface area contributed by atoms with Gasteiger partial charge in [-0.15, -0.1) is 0 Å². The summed E-state index contributed by atoms with van der Waals surface area (Å²) in [6.45, 7) is 14.4. The van der Waals surface area contributed by atoms with E-state index in [1.54, 1.807) is 0 Å². The first-order valence-corrected chi connectivity index (χ1v) is 8.81. The maximum atomic E-state index is 6.06. The van der Waals surface area contributed by atoms with Crippen LogP contribution in [0.5, 0.6) is 11.5 Å². The zero-order valence-corrected chi connectivity index (χ0v) is 15.6. The second-order valence-electron chi connectivity index (χ2n) is 7.84. The predicted molar refractivity (Wildman–Crippen MR) is 94.6 cm³/mol. The normalized spacial score (nSPS) is 17.5. The van der Waals surface area contributed by atoms with Crippen LogP contribution in [0, 0.1) is 0 Å². The number of hydrogen-bond donors (Lipinski definition) is 0.